The molecule has 1 fully saturated rings. The van der Waals surface area contributed by atoms with Crippen LogP contribution in [0.3, 0.4) is 0 Å². The van der Waals surface area contributed by atoms with Crippen LogP contribution < -0.4 is 15.3 Å². The zero-order chi connectivity index (χ0) is 39.1. The molecule has 3 heterocycles. The maximum absolute atomic E-state index is 14.5. The van der Waals surface area contributed by atoms with Crippen LogP contribution in [0.4, 0.5) is 5.82 Å². The summed E-state index contributed by atoms with van der Waals surface area (Å²) in [5.41, 5.74) is 5.07. The van der Waals surface area contributed by atoms with Gasteiger partial charge in [-0.15, -0.1) is 0 Å². The van der Waals surface area contributed by atoms with E-state index in [1.807, 2.05) is 20.8 Å². The third-order valence-electron chi connectivity index (χ3n) is 8.25. The fourth-order valence-corrected chi connectivity index (χ4v) is 6.85. The Morgan fingerprint density at radius 1 is 1.04 bits per heavy atom. The second-order valence-corrected chi connectivity index (χ2v) is 16.3. The molecule has 3 aromatic rings. The molecule has 1 aromatic carbocycles. The molecule has 1 unspecified atom stereocenters. The minimum atomic E-state index is -4.43. The zero-order valence-corrected chi connectivity index (χ0v) is 32.6. The van der Waals surface area contributed by atoms with E-state index in [-0.39, 0.29) is 23.6 Å². The SMILES string of the molecule is CN=C[C@@]1(c2ccc3c(N)ncnn23)O[C@H](COP(=O)(N[C@@H](C)C(=O)OCCC(C)(C)C)Oc2ccccc2)[C@@H](OC(=O)C(C)C)[C@H]1OC(=O)C(C)C. The lowest BCUT2D eigenvalue weighted by Crippen LogP contribution is -2.48. The molecule has 4 rings (SSSR count). The lowest BCUT2D eigenvalue weighted by Gasteiger charge is -2.32. The summed E-state index contributed by atoms with van der Waals surface area (Å²) in [7, 11) is -2.93. The number of aromatic nitrogens is 3. The number of carbonyl (C=O) groups is 3. The Labute approximate surface area is 309 Å². The zero-order valence-electron chi connectivity index (χ0n) is 31.7. The van der Waals surface area contributed by atoms with Gasteiger partial charge >= 0.3 is 25.7 Å². The van der Waals surface area contributed by atoms with Gasteiger partial charge in [-0.2, -0.15) is 10.2 Å². The molecule has 0 bridgehead atoms. The predicted octanol–water partition coefficient (Wildman–Crippen LogP) is 4.90. The molecule has 6 atom stereocenters. The van der Waals surface area contributed by atoms with Gasteiger partial charge in [0.05, 0.1) is 30.7 Å². The number of fused-ring (bicyclic) bond motifs is 1. The molecule has 0 amide bonds. The van der Waals surface area contributed by atoms with Crippen LogP contribution in [0.25, 0.3) is 5.52 Å². The number of rotatable bonds is 16. The third kappa shape index (κ3) is 10.2. The molecule has 0 aliphatic carbocycles. The number of nitrogens with two attached hydrogens (primary N) is 1. The first-order chi connectivity index (χ1) is 24.9. The first kappa shape index (κ1) is 41.4. The summed E-state index contributed by atoms with van der Waals surface area (Å²) in [4.78, 5) is 47.9. The average Bonchev–Trinajstić information content (AvgIpc) is 3.64. The van der Waals surface area contributed by atoms with Crippen LogP contribution in [0.5, 0.6) is 5.75 Å². The number of benzene rings is 1. The first-order valence-electron chi connectivity index (χ1n) is 17.4. The summed E-state index contributed by atoms with van der Waals surface area (Å²) in [6.45, 7) is 13.7. The van der Waals surface area contributed by atoms with Gasteiger partial charge in [0.25, 0.3) is 0 Å². The minimum absolute atomic E-state index is 0.0750. The van der Waals surface area contributed by atoms with E-state index in [0.717, 1.165) is 0 Å². The predicted molar refractivity (Wildman–Crippen MR) is 196 cm³/mol. The van der Waals surface area contributed by atoms with Crippen LogP contribution in [0.2, 0.25) is 0 Å². The molecule has 1 saturated heterocycles. The Morgan fingerprint density at radius 2 is 1.70 bits per heavy atom. The van der Waals surface area contributed by atoms with E-state index in [0.29, 0.717) is 17.6 Å². The molecular formula is C36H51N6O10P. The maximum atomic E-state index is 14.5. The van der Waals surface area contributed by atoms with E-state index in [4.69, 9.17) is 33.7 Å². The second-order valence-electron chi connectivity index (χ2n) is 14.6. The molecule has 53 heavy (non-hydrogen) atoms. The number of nitrogens with zero attached hydrogens (tertiary/aromatic N) is 4. The van der Waals surface area contributed by atoms with E-state index in [9.17, 15) is 18.9 Å². The Balaban J connectivity index is 1.77. The average molecular weight is 759 g/mol. The van der Waals surface area contributed by atoms with Gasteiger partial charge in [0.2, 0.25) is 0 Å². The Bertz CT molecular complexity index is 1810. The monoisotopic (exact) mass is 758 g/mol. The molecule has 0 radical (unpaired) electrons. The third-order valence-corrected chi connectivity index (χ3v) is 9.90. The normalized spacial score (nSPS) is 22.2. The smallest absolute Gasteiger partial charge is 0.459 e. The van der Waals surface area contributed by atoms with Crippen LogP contribution in [-0.2, 0) is 48.0 Å². The maximum Gasteiger partial charge on any atom is 0.459 e. The van der Waals surface area contributed by atoms with E-state index < -0.39 is 74.1 Å². The molecule has 290 valence electrons. The Kier molecular flexibility index (Phi) is 13.4. The molecule has 1 aliphatic rings. The van der Waals surface area contributed by atoms with Crippen LogP contribution in [0, 0.1) is 17.3 Å². The molecule has 3 N–H and O–H groups in total. The summed E-state index contributed by atoms with van der Waals surface area (Å²) < 4.78 is 52.1. The largest absolute Gasteiger partial charge is 0.465 e. The fraction of sp³-hybridized carbons (Fsp3) is 0.556. The summed E-state index contributed by atoms with van der Waals surface area (Å²) in [5, 5.41) is 7.04. The van der Waals surface area contributed by atoms with E-state index in [2.05, 4.69) is 20.2 Å². The number of para-hydroxylation sites is 1. The van der Waals surface area contributed by atoms with Gasteiger partial charge in [-0.25, -0.2) is 14.1 Å². The number of esters is 3. The number of hydrogen-bond donors (Lipinski definition) is 2. The summed E-state index contributed by atoms with van der Waals surface area (Å²) in [6, 6.07) is 10.4. The fourth-order valence-electron chi connectivity index (χ4n) is 5.35. The molecular weight excluding hydrogens is 707 g/mol. The number of aliphatic imine (C=N–C) groups is 1. The number of ether oxygens (including phenoxy) is 4. The molecule has 16 nitrogen and oxygen atoms in total. The number of nitrogens with one attached hydrogen (secondary N) is 1. The van der Waals surface area contributed by atoms with Crippen molar-refractivity contribution in [2.24, 2.45) is 22.2 Å². The number of nitrogen functional groups attached to an aromatic ring is 1. The van der Waals surface area contributed by atoms with E-state index in [1.165, 1.54) is 31.0 Å². The van der Waals surface area contributed by atoms with Crippen molar-refractivity contribution in [2.45, 2.75) is 91.8 Å². The van der Waals surface area contributed by atoms with E-state index >= 15 is 0 Å². The van der Waals surface area contributed by atoms with Crippen LogP contribution in [0.1, 0.15) is 67.5 Å². The number of carbonyl (C=O) groups excluding carboxylic acids is 3. The first-order valence-corrected chi connectivity index (χ1v) is 19.0. The van der Waals surface area contributed by atoms with Crippen LogP contribution in [0.15, 0.2) is 53.8 Å². The highest BCUT2D eigenvalue weighted by atomic mass is 31.2. The van der Waals surface area contributed by atoms with Crippen LogP contribution >= 0.6 is 7.75 Å². The molecule has 0 spiro atoms. The van der Waals surface area contributed by atoms with Gasteiger partial charge in [-0.3, -0.25) is 23.9 Å². The Morgan fingerprint density at radius 3 is 2.32 bits per heavy atom. The highest BCUT2D eigenvalue weighted by Crippen LogP contribution is 2.48. The van der Waals surface area contributed by atoms with E-state index in [1.54, 1.807) is 70.2 Å². The second kappa shape index (κ2) is 17.2. The lowest BCUT2D eigenvalue weighted by atomic mass is 9.91. The molecule has 2 aromatic heterocycles. The van der Waals surface area contributed by atoms with Crippen molar-refractivity contribution in [3.05, 3.63) is 54.5 Å². The molecule has 1 aliphatic heterocycles. The van der Waals surface area contributed by atoms with Gasteiger partial charge in [-0.1, -0.05) is 66.7 Å². The van der Waals surface area contributed by atoms with Crippen molar-refractivity contribution in [3.8, 4) is 5.75 Å². The van der Waals surface area contributed by atoms with Gasteiger partial charge < -0.3 is 29.2 Å². The topological polar surface area (TPSA) is 204 Å². The van der Waals surface area contributed by atoms with Crippen molar-refractivity contribution in [1.82, 2.24) is 19.7 Å². The van der Waals surface area contributed by atoms with Crippen molar-refractivity contribution in [2.75, 3.05) is 26.0 Å². The van der Waals surface area contributed by atoms with Gasteiger partial charge in [0.1, 0.15) is 29.7 Å². The van der Waals surface area contributed by atoms with Gasteiger partial charge in [-0.05, 0) is 43.0 Å². The quantitative estimate of drug-likeness (QED) is 0.0863. The minimum Gasteiger partial charge on any atom is -0.465 e. The number of anilines is 1. The van der Waals surface area contributed by atoms with Crippen molar-refractivity contribution >= 4 is 43.2 Å². The summed E-state index contributed by atoms with van der Waals surface area (Å²) >= 11 is 0. The standard InChI is InChI=1S/C36H51N6O10P/c1-22(2)32(43)49-29-27(19-48-53(46,52-25-13-11-10-12-14-25)41-24(5)34(45)47-18-17-35(6,7)8)51-36(20-38-9,30(29)50-33(44)23(3)4)28-16-15-26-31(37)39-21-40-42(26)28/h10-16,20-24,27,29-30H,17-19H2,1-9H3,(H,41,46)(H2,37,39,40)/t24-,27+,29+,30+,36-,53?/m0/s1. The molecule has 0 saturated carbocycles. The van der Waals surface area contributed by atoms with Crippen molar-refractivity contribution in [1.29, 1.82) is 0 Å². The van der Waals surface area contributed by atoms with Gasteiger partial charge in [0, 0.05) is 13.3 Å². The number of hydrogen-bond acceptors (Lipinski definition) is 14. The molecule has 17 heteroatoms. The van der Waals surface area contributed by atoms with Gasteiger partial charge in [0.15, 0.2) is 23.6 Å². The highest BCUT2D eigenvalue weighted by Gasteiger charge is 2.61. The highest BCUT2D eigenvalue weighted by molar-refractivity contribution is 7.52. The van der Waals surface area contributed by atoms with Crippen LogP contribution in [-0.4, -0.2) is 83.3 Å². The lowest BCUT2D eigenvalue weighted by molar-refractivity contribution is -0.172. The summed E-state index contributed by atoms with van der Waals surface area (Å²) in [6.07, 6.45) is -0.673. The van der Waals surface area contributed by atoms with Crippen molar-refractivity contribution in [3.63, 3.8) is 0 Å². The Hall–Kier alpha value is -4.37. The van der Waals surface area contributed by atoms with Crippen molar-refractivity contribution < 1.29 is 46.9 Å². The summed E-state index contributed by atoms with van der Waals surface area (Å²) in [5.74, 6) is -2.74.